The second kappa shape index (κ2) is 9.22. The van der Waals surface area contributed by atoms with Crippen LogP contribution >= 0.6 is 36.2 Å². The molecule has 0 radical (unpaired) electrons. The predicted molar refractivity (Wildman–Crippen MR) is 103 cm³/mol. The molecule has 24 heavy (non-hydrogen) atoms. The summed E-state index contributed by atoms with van der Waals surface area (Å²) in [5.74, 6) is -0.0182. The molecule has 0 saturated carbocycles. The van der Waals surface area contributed by atoms with Gasteiger partial charge in [0.1, 0.15) is 0 Å². The predicted octanol–water partition coefficient (Wildman–Crippen LogP) is 3.04. The summed E-state index contributed by atoms with van der Waals surface area (Å²) in [7, 11) is 0. The van der Waals surface area contributed by atoms with Gasteiger partial charge >= 0.3 is 0 Å². The number of aromatic nitrogens is 2. The molecule has 3 heterocycles. The highest BCUT2D eigenvalue weighted by molar-refractivity contribution is 7.12. The number of amides is 1. The maximum Gasteiger partial charge on any atom is 0.253 e. The van der Waals surface area contributed by atoms with Gasteiger partial charge in [-0.15, -0.1) is 36.2 Å². The van der Waals surface area contributed by atoms with E-state index in [-0.39, 0.29) is 30.7 Å². The number of carbonyl (C=O) groups excluding carboxylic acids is 1. The number of thiazole rings is 1. The van der Waals surface area contributed by atoms with E-state index < -0.39 is 0 Å². The summed E-state index contributed by atoms with van der Waals surface area (Å²) >= 11 is 1.57. The molecule has 0 aromatic carbocycles. The largest absolute Gasteiger partial charge is 0.348 e. The summed E-state index contributed by atoms with van der Waals surface area (Å²) in [6.07, 6.45) is 4.93. The average Bonchev–Trinajstić information content (AvgIpc) is 3.14. The van der Waals surface area contributed by atoms with Crippen LogP contribution in [0.15, 0.2) is 29.3 Å². The van der Waals surface area contributed by atoms with Crippen LogP contribution in [0.5, 0.6) is 0 Å². The van der Waals surface area contributed by atoms with Gasteiger partial charge in [0, 0.05) is 36.1 Å². The van der Waals surface area contributed by atoms with Crippen LogP contribution in [0.2, 0.25) is 0 Å². The number of aryl methyl sites for hydroxylation is 1. The fourth-order valence-corrected chi connectivity index (χ4v) is 3.48. The first kappa shape index (κ1) is 20.7. The molecule has 5 nitrogen and oxygen atoms in total. The van der Waals surface area contributed by atoms with Gasteiger partial charge in [-0.1, -0.05) is 11.6 Å². The van der Waals surface area contributed by atoms with Crippen molar-refractivity contribution in [3.63, 3.8) is 0 Å². The molecular weight excluding hydrogens is 367 g/mol. The van der Waals surface area contributed by atoms with Crippen LogP contribution in [0.1, 0.15) is 28.2 Å². The van der Waals surface area contributed by atoms with Crippen molar-refractivity contribution in [1.29, 1.82) is 0 Å². The van der Waals surface area contributed by atoms with Gasteiger partial charge in [0.2, 0.25) is 0 Å². The molecule has 1 aliphatic heterocycles. The second-order valence-electron chi connectivity index (χ2n) is 5.43. The number of nitrogens with one attached hydrogen (secondary N) is 2. The van der Waals surface area contributed by atoms with Crippen molar-refractivity contribution in [2.45, 2.75) is 20.3 Å². The Hall–Kier alpha value is -1.34. The smallest absolute Gasteiger partial charge is 0.253 e. The molecule has 0 saturated heterocycles. The number of nitrogens with zero attached hydrogens (tertiary/aromatic N) is 2. The van der Waals surface area contributed by atoms with Crippen molar-refractivity contribution >= 4 is 42.1 Å². The Morgan fingerprint density at radius 3 is 2.83 bits per heavy atom. The minimum Gasteiger partial charge on any atom is -0.348 e. The van der Waals surface area contributed by atoms with Gasteiger partial charge in [-0.25, -0.2) is 4.98 Å². The molecule has 0 unspecified atom stereocenters. The zero-order valence-corrected chi connectivity index (χ0v) is 16.1. The quantitative estimate of drug-likeness (QED) is 0.791. The lowest BCUT2D eigenvalue weighted by atomic mass is 10.1. The summed E-state index contributed by atoms with van der Waals surface area (Å²) in [5, 5.41) is 9.14. The zero-order valence-electron chi connectivity index (χ0n) is 13.7. The third-order valence-corrected chi connectivity index (χ3v) is 4.68. The number of carbonyl (C=O) groups is 1. The molecule has 1 amide bonds. The Morgan fingerprint density at radius 1 is 1.42 bits per heavy atom. The Morgan fingerprint density at radius 2 is 2.21 bits per heavy atom. The Bertz CT molecular complexity index is 710. The van der Waals surface area contributed by atoms with Crippen LogP contribution in [-0.2, 0) is 0 Å². The van der Waals surface area contributed by atoms with Crippen LogP contribution in [-0.4, -0.2) is 35.1 Å². The molecule has 0 atom stereocenters. The molecule has 0 bridgehead atoms. The van der Waals surface area contributed by atoms with Gasteiger partial charge in [-0.05, 0) is 32.9 Å². The van der Waals surface area contributed by atoms with Gasteiger partial charge in [0.05, 0.1) is 5.56 Å². The van der Waals surface area contributed by atoms with Crippen LogP contribution in [0, 0.1) is 13.8 Å². The van der Waals surface area contributed by atoms with E-state index in [1.54, 1.807) is 17.5 Å². The van der Waals surface area contributed by atoms with Crippen LogP contribution in [0.3, 0.4) is 0 Å². The topological polar surface area (TPSA) is 59.0 Å². The van der Waals surface area contributed by atoms with E-state index in [2.05, 4.69) is 21.7 Å². The third kappa shape index (κ3) is 4.39. The minimum atomic E-state index is -0.0182. The van der Waals surface area contributed by atoms with Crippen molar-refractivity contribution in [2.75, 3.05) is 19.6 Å². The monoisotopic (exact) mass is 388 g/mol. The van der Waals surface area contributed by atoms with Crippen molar-refractivity contribution in [2.24, 2.45) is 0 Å². The van der Waals surface area contributed by atoms with Gasteiger partial charge in [-0.3, -0.25) is 9.36 Å². The number of halogens is 2. The molecule has 2 N–H and O–H groups in total. The summed E-state index contributed by atoms with van der Waals surface area (Å²) < 4.78 is 2.03. The van der Waals surface area contributed by atoms with Crippen LogP contribution < -0.4 is 10.6 Å². The molecule has 1 aliphatic rings. The number of rotatable bonds is 4. The van der Waals surface area contributed by atoms with Gasteiger partial charge in [0.25, 0.3) is 5.91 Å². The highest BCUT2D eigenvalue weighted by Crippen LogP contribution is 2.22. The molecule has 2 aromatic heterocycles. The van der Waals surface area contributed by atoms with Crippen molar-refractivity contribution in [1.82, 2.24) is 20.2 Å². The lowest BCUT2D eigenvalue weighted by Crippen LogP contribution is -2.29. The highest BCUT2D eigenvalue weighted by Gasteiger charge is 2.17. The second-order valence-corrected chi connectivity index (χ2v) is 6.31. The van der Waals surface area contributed by atoms with E-state index in [1.807, 2.05) is 29.9 Å². The molecule has 0 spiro atoms. The first-order valence-corrected chi connectivity index (χ1v) is 8.30. The lowest BCUT2D eigenvalue weighted by Gasteiger charge is -2.14. The van der Waals surface area contributed by atoms with Crippen LogP contribution in [0.4, 0.5) is 0 Å². The van der Waals surface area contributed by atoms with E-state index in [9.17, 15) is 4.79 Å². The number of hydrogen-bond acceptors (Lipinski definition) is 4. The summed E-state index contributed by atoms with van der Waals surface area (Å²) in [4.78, 5) is 16.8. The van der Waals surface area contributed by atoms with Crippen molar-refractivity contribution < 1.29 is 4.79 Å². The lowest BCUT2D eigenvalue weighted by molar-refractivity contribution is 0.0956. The molecule has 0 fully saturated rings. The van der Waals surface area contributed by atoms with Crippen LogP contribution in [0.25, 0.3) is 5.13 Å². The van der Waals surface area contributed by atoms with E-state index in [4.69, 9.17) is 0 Å². The molecule has 0 aliphatic carbocycles. The summed E-state index contributed by atoms with van der Waals surface area (Å²) in [5.41, 5.74) is 3.98. The fraction of sp³-hybridized carbons (Fsp3) is 0.375. The zero-order chi connectivity index (χ0) is 15.5. The fourth-order valence-electron chi connectivity index (χ4n) is 2.73. The normalized spacial score (nSPS) is 13.5. The maximum absolute atomic E-state index is 12.5. The Labute approximate surface area is 158 Å². The van der Waals surface area contributed by atoms with Crippen molar-refractivity contribution in [3.05, 3.63) is 46.2 Å². The first-order chi connectivity index (χ1) is 10.7. The summed E-state index contributed by atoms with van der Waals surface area (Å²) in [6.45, 7) is 6.47. The number of hydrogen-bond donors (Lipinski definition) is 2. The molecule has 3 rings (SSSR count). The van der Waals surface area contributed by atoms with E-state index in [1.165, 1.54) is 5.57 Å². The van der Waals surface area contributed by atoms with Gasteiger partial charge < -0.3 is 10.6 Å². The van der Waals surface area contributed by atoms with Gasteiger partial charge in [0.15, 0.2) is 5.13 Å². The average molecular weight is 389 g/mol. The first-order valence-electron chi connectivity index (χ1n) is 7.42. The molecule has 8 heteroatoms. The SMILES string of the molecule is Cc1cc(C(=O)NCC2=CCNCC2)c(C)n1-c1nccs1.Cl.Cl. The van der Waals surface area contributed by atoms with Crippen molar-refractivity contribution in [3.8, 4) is 5.13 Å². The van der Waals surface area contributed by atoms with E-state index >= 15 is 0 Å². The molecule has 132 valence electrons. The van der Waals surface area contributed by atoms with E-state index in [0.717, 1.165) is 41.6 Å². The van der Waals surface area contributed by atoms with E-state index in [0.29, 0.717) is 6.54 Å². The Balaban J connectivity index is 0.00000144. The molecular formula is C16H22Cl2N4OS. The van der Waals surface area contributed by atoms with Gasteiger partial charge in [-0.2, -0.15) is 0 Å². The Kier molecular flexibility index (Phi) is 7.96. The third-order valence-electron chi connectivity index (χ3n) is 3.92. The highest BCUT2D eigenvalue weighted by atomic mass is 35.5. The summed E-state index contributed by atoms with van der Waals surface area (Å²) in [6, 6.07) is 1.93. The standard InChI is InChI=1S/C16H20N4OS.2ClH/c1-11-9-14(12(2)20(11)16-18-7-8-22-16)15(21)19-10-13-3-5-17-6-4-13;;/h3,7-9,17H,4-6,10H2,1-2H3,(H,19,21);2*1H. The maximum atomic E-state index is 12.5. The minimum absolute atomic E-state index is 0. The molecule has 2 aromatic rings.